The van der Waals surface area contributed by atoms with Gasteiger partial charge in [0.1, 0.15) is 10.5 Å². The molecule has 4 heterocycles. The van der Waals surface area contributed by atoms with Crippen LogP contribution in [0.4, 0.5) is 24.7 Å². The molecule has 2 amide bonds. The maximum atomic E-state index is 14.1. The minimum atomic E-state index is -5.18. The third-order valence-electron chi connectivity index (χ3n) is 8.87. The number of piperidine rings is 1. The largest absolute Gasteiger partial charge is 0.471 e. The van der Waals surface area contributed by atoms with Crippen LogP contribution in [0.3, 0.4) is 0 Å². The van der Waals surface area contributed by atoms with E-state index in [1.165, 1.54) is 6.07 Å². The number of pyridine rings is 1. The Morgan fingerprint density at radius 2 is 1.80 bits per heavy atom. The number of ether oxygens (including phenoxy) is 1. The number of likely N-dealkylation sites (tertiary alicyclic amines) is 1. The first-order valence-electron chi connectivity index (χ1n) is 15.7. The van der Waals surface area contributed by atoms with E-state index in [9.17, 15) is 27.0 Å². The second-order valence-electron chi connectivity index (χ2n) is 12.2. The number of amides is 2. The Hall–Kier alpha value is -3.56. The molecule has 4 aromatic rings. The van der Waals surface area contributed by atoms with E-state index in [1.54, 1.807) is 42.5 Å². The Labute approximate surface area is 292 Å². The van der Waals surface area contributed by atoms with Gasteiger partial charge in [-0.1, -0.05) is 29.3 Å². The lowest BCUT2D eigenvalue weighted by Gasteiger charge is -2.36. The van der Waals surface area contributed by atoms with Gasteiger partial charge in [-0.3, -0.25) is 18.9 Å². The fraction of sp³-hybridized carbons (Fsp3) is 0.394. The molecule has 6 rings (SSSR count). The molecule has 0 aliphatic carbocycles. The van der Waals surface area contributed by atoms with Crippen molar-refractivity contribution in [2.24, 2.45) is 0 Å². The number of nitrogens with zero attached hydrogens (tertiary/aromatic N) is 4. The Morgan fingerprint density at radius 1 is 1.06 bits per heavy atom. The molecule has 2 saturated heterocycles. The molecule has 10 nitrogen and oxygen atoms in total. The molecule has 0 bridgehead atoms. The molecule has 49 heavy (non-hydrogen) atoms. The van der Waals surface area contributed by atoms with Gasteiger partial charge in [-0.05, 0) is 105 Å². The van der Waals surface area contributed by atoms with Crippen molar-refractivity contribution in [2.75, 3.05) is 43.6 Å². The number of carbonyl (C=O) groups excluding carboxylic acids is 2. The maximum Gasteiger partial charge on any atom is 0.471 e. The summed E-state index contributed by atoms with van der Waals surface area (Å²) in [5.41, 5.74) is 1.67. The molecule has 260 valence electrons. The third-order valence-corrected chi connectivity index (χ3v) is 10.7. The number of H-pyrrole nitrogens is 1. The fourth-order valence-corrected chi connectivity index (χ4v) is 7.77. The van der Waals surface area contributed by atoms with E-state index in [-0.39, 0.29) is 65.3 Å². The molecule has 2 aromatic heterocycles. The van der Waals surface area contributed by atoms with Crippen molar-refractivity contribution in [1.29, 1.82) is 0 Å². The zero-order valence-corrected chi connectivity index (χ0v) is 28.7. The Morgan fingerprint density at radius 3 is 2.51 bits per heavy atom. The van der Waals surface area contributed by atoms with E-state index in [2.05, 4.69) is 25.4 Å². The van der Waals surface area contributed by atoms with Crippen molar-refractivity contribution in [3.63, 3.8) is 0 Å². The van der Waals surface area contributed by atoms with E-state index in [0.717, 1.165) is 36.4 Å². The van der Waals surface area contributed by atoms with Gasteiger partial charge >= 0.3 is 12.1 Å². The van der Waals surface area contributed by atoms with Crippen LogP contribution in [0.5, 0.6) is 0 Å². The van der Waals surface area contributed by atoms with Crippen LogP contribution in [0.2, 0.25) is 10.0 Å². The number of aromatic amines is 1. The second kappa shape index (κ2) is 14.7. The van der Waals surface area contributed by atoms with Crippen LogP contribution in [-0.2, 0) is 26.1 Å². The number of carbonyl (C=O) groups is 2. The standard InChI is InChI=1S/C33H33Cl2F3N6O4S/c1-43-12-8-19(9-13-43)20-2-4-24(27(17-20)44(32(46)33(36,37)38)23-10-14-48-15-11-23)31(45)40-30-29-26(41-42-30)6-7-28(39-29)49(47)18-21-16-22(34)3-5-25(21)35/h2-7,16-17,19,23H,8-15,18H2,1H3,(H2,40,41,42,45). The van der Waals surface area contributed by atoms with Gasteiger partial charge in [-0.25, -0.2) is 4.98 Å². The lowest BCUT2D eigenvalue weighted by molar-refractivity contribution is -0.171. The van der Waals surface area contributed by atoms with E-state index in [0.29, 0.717) is 21.1 Å². The van der Waals surface area contributed by atoms with Gasteiger partial charge < -0.3 is 19.9 Å². The number of alkyl halides is 3. The third kappa shape index (κ3) is 7.93. The summed E-state index contributed by atoms with van der Waals surface area (Å²) in [5.74, 6) is -2.79. The number of fused-ring (bicyclic) bond motifs is 1. The normalized spacial score (nSPS) is 17.3. The predicted octanol–water partition coefficient (Wildman–Crippen LogP) is 6.71. The molecular weight excluding hydrogens is 704 g/mol. The summed E-state index contributed by atoms with van der Waals surface area (Å²) in [4.78, 5) is 34.4. The number of nitrogens with one attached hydrogen (secondary N) is 2. The first kappa shape index (κ1) is 35.3. The summed E-state index contributed by atoms with van der Waals surface area (Å²) in [7, 11) is 0.350. The number of halogens is 5. The number of benzene rings is 2. The van der Waals surface area contributed by atoms with Crippen LogP contribution in [0.25, 0.3) is 11.0 Å². The van der Waals surface area contributed by atoms with Gasteiger partial charge in [0.05, 0.1) is 33.3 Å². The SMILES string of the molecule is CN1CCC(c2ccc(C(=O)Nc3n[nH]c4ccc(S(=O)Cc5cc(Cl)ccc5Cl)nc34)c(N(C(=O)C(F)(F)F)C3CCOCC3)c2)CC1. The Kier molecular flexibility index (Phi) is 10.6. The summed E-state index contributed by atoms with van der Waals surface area (Å²) in [5, 5.41) is 10.6. The smallest absolute Gasteiger partial charge is 0.381 e. The number of hydrogen-bond acceptors (Lipinski definition) is 7. The molecule has 2 fully saturated rings. The summed E-state index contributed by atoms with van der Waals surface area (Å²) < 4.78 is 61.1. The van der Waals surface area contributed by atoms with Crippen LogP contribution in [-0.4, -0.2) is 81.7 Å². The van der Waals surface area contributed by atoms with Crippen molar-refractivity contribution < 1.29 is 31.7 Å². The second-order valence-corrected chi connectivity index (χ2v) is 14.4. The highest BCUT2D eigenvalue weighted by Gasteiger charge is 2.46. The molecule has 2 aliphatic heterocycles. The maximum absolute atomic E-state index is 14.1. The van der Waals surface area contributed by atoms with Crippen molar-refractivity contribution in [3.05, 3.63) is 75.3 Å². The number of rotatable bonds is 8. The predicted molar refractivity (Wildman–Crippen MR) is 182 cm³/mol. The quantitative estimate of drug-likeness (QED) is 0.206. The Bertz CT molecular complexity index is 1890. The first-order chi connectivity index (χ1) is 23.4. The summed E-state index contributed by atoms with van der Waals surface area (Å²) in [6.45, 7) is 1.98. The van der Waals surface area contributed by atoms with Crippen molar-refractivity contribution >= 4 is 68.4 Å². The van der Waals surface area contributed by atoms with Crippen molar-refractivity contribution in [2.45, 2.75) is 54.6 Å². The summed E-state index contributed by atoms with van der Waals surface area (Å²) in [6, 6.07) is 11.9. The van der Waals surface area contributed by atoms with E-state index >= 15 is 0 Å². The lowest BCUT2D eigenvalue weighted by Crippen LogP contribution is -2.50. The van der Waals surface area contributed by atoms with Gasteiger partial charge in [0.2, 0.25) is 0 Å². The Balaban J connectivity index is 1.35. The average molecular weight is 738 g/mol. The highest BCUT2D eigenvalue weighted by atomic mass is 35.5. The molecule has 1 atom stereocenters. The van der Waals surface area contributed by atoms with E-state index < -0.39 is 34.8 Å². The van der Waals surface area contributed by atoms with E-state index in [4.69, 9.17) is 27.9 Å². The van der Waals surface area contributed by atoms with Gasteiger partial charge in [0.25, 0.3) is 5.91 Å². The van der Waals surface area contributed by atoms with Crippen LogP contribution < -0.4 is 10.2 Å². The molecule has 0 spiro atoms. The van der Waals surface area contributed by atoms with Gasteiger partial charge in [0.15, 0.2) is 5.82 Å². The van der Waals surface area contributed by atoms with E-state index in [1.807, 2.05) is 7.05 Å². The molecule has 2 N–H and O–H groups in total. The zero-order valence-electron chi connectivity index (χ0n) is 26.4. The summed E-state index contributed by atoms with van der Waals surface area (Å²) >= 11 is 12.4. The van der Waals surface area contributed by atoms with Crippen LogP contribution in [0, 0.1) is 0 Å². The van der Waals surface area contributed by atoms with Crippen molar-refractivity contribution in [3.8, 4) is 0 Å². The van der Waals surface area contributed by atoms with Crippen LogP contribution >= 0.6 is 23.2 Å². The van der Waals surface area contributed by atoms with Crippen LogP contribution in [0.15, 0.2) is 53.6 Å². The topological polar surface area (TPSA) is 121 Å². The lowest BCUT2D eigenvalue weighted by atomic mass is 9.88. The van der Waals surface area contributed by atoms with Gasteiger partial charge in [-0.2, -0.15) is 18.3 Å². The fourth-order valence-electron chi connectivity index (χ4n) is 6.23. The minimum Gasteiger partial charge on any atom is -0.381 e. The average Bonchev–Trinajstić information content (AvgIpc) is 3.48. The number of anilines is 2. The molecule has 1 unspecified atom stereocenters. The number of hydrogen-bond donors (Lipinski definition) is 2. The molecular formula is C33H33Cl2F3N6O4S. The molecule has 2 aromatic carbocycles. The molecule has 0 radical (unpaired) electrons. The minimum absolute atomic E-state index is 0.0234. The van der Waals surface area contributed by atoms with Gasteiger partial charge in [0, 0.05) is 29.3 Å². The number of aromatic nitrogens is 3. The molecule has 2 aliphatic rings. The molecule has 0 saturated carbocycles. The highest BCUT2D eigenvalue weighted by Crippen LogP contribution is 2.37. The van der Waals surface area contributed by atoms with Gasteiger partial charge in [-0.15, -0.1) is 0 Å². The van der Waals surface area contributed by atoms with Crippen LogP contribution in [0.1, 0.15) is 53.1 Å². The first-order valence-corrected chi connectivity index (χ1v) is 17.8. The summed E-state index contributed by atoms with van der Waals surface area (Å²) in [6.07, 6.45) is -3.27. The highest BCUT2D eigenvalue weighted by molar-refractivity contribution is 7.84. The van der Waals surface area contributed by atoms with Crippen molar-refractivity contribution in [1.82, 2.24) is 20.1 Å². The zero-order chi connectivity index (χ0) is 34.9. The monoisotopic (exact) mass is 736 g/mol. The molecule has 16 heteroatoms.